The van der Waals surface area contributed by atoms with Gasteiger partial charge in [-0.15, -0.1) is 0 Å². The average molecular weight is 444 g/mol. The summed E-state index contributed by atoms with van der Waals surface area (Å²) < 4.78 is 38.4. The highest BCUT2D eigenvalue weighted by molar-refractivity contribution is 6.32. The average Bonchev–Trinajstić information content (AvgIpc) is 2.66. The first-order valence-corrected chi connectivity index (χ1v) is 8.63. The third kappa shape index (κ3) is 5.09. The van der Waals surface area contributed by atoms with Crippen LogP contribution in [0.1, 0.15) is 11.3 Å². The molecule has 1 N–H and O–H groups in total. The van der Waals surface area contributed by atoms with Crippen molar-refractivity contribution in [3.63, 3.8) is 0 Å². The molecule has 3 rings (SSSR count). The van der Waals surface area contributed by atoms with Gasteiger partial charge in [-0.3, -0.25) is 10.1 Å². The molecular weight excluding hydrogens is 434 g/mol. The van der Waals surface area contributed by atoms with Crippen molar-refractivity contribution in [2.75, 3.05) is 5.32 Å². The number of anilines is 1. The maximum atomic E-state index is 12.8. The maximum absolute atomic E-state index is 12.8. The molecule has 7 nitrogen and oxygen atoms in total. The van der Waals surface area contributed by atoms with E-state index in [1.54, 1.807) is 6.07 Å². The highest BCUT2D eigenvalue weighted by Crippen LogP contribution is 2.31. The van der Waals surface area contributed by atoms with E-state index in [9.17, 15) is 23.3 Å². The molecule has 0 fully saturated rings. The van der Waals surface area contributed by atoms with Gasteiger partial charge in [0.15, 0.2) is 5.82 Å². The van der Waals surface area contributed by atoms with Gasteiger partial charge in [0.1, 0.15) is 15.9 Å². The second-order valence-corrected chi connectivity index (χ2v) is 6.55. The molecule has 2 heterocycles. The largest absolute Gasteiger partial charge is 0.433 e. The molecule has 0 bridgehead atoms. The number of alkyl halides is 3. The fourth-order valence-corrected chi connectivity index (χ4v) is 2.73. The van der Waals surface area contributed by atoms with Gasteiger partial charge < -0.3 is 5.32 Å². The summed E-state index contributed by atoms with van der Waals surface area (Å²) in [5, 5.41) is 13.5. The molecule has 0 aliphatic carbocycles. The number of nitrogens with zero attached hydrogens (tertiary/aromatic N) is 4. The fraction of sp³-hybridized carbons (Fsp3) is 0.118. The molecule has 29 heavy (non-hydrogen) atoms. The number of nitro groups is 1. The summed E-state index contributed by atoms with van der Waals surface area (Å²) in [4.78, 5) is 21.9. The SMILES string of the molecule is O=[N+]([O-])c1cc(-c2ncc(CNc3cc(Cl)nc(C(F)(F)F)c3)cn2)ccc1Cl. The molecule has 2 aromatic heterocycles. The summed E-state index contributed by atoms with van der Waals surface area (Å²) in [6.07, 6.45) is -1.72. The van der Waals surface area contributed by atoms with Gasteiger partial charge in [0.05, 0.1) is 4.92 Å². The van der Waals surface area contributed by atoms with Crippen molar-refractivity contribution in [3.05, 3.63) is 74.3 Å². The minimum atomic E-state index is -4.62. The van der Waals surface area contributed by atoms with Gasteiger partial charge in [0.25, 0.3) is 5.69 Å². The molecule has 0 saturated carbocycles. The van der Waals surface area contributed by atoms with Gasteiger partial charge in [0, 0.05) is 41.8 Å². The zero-order valence-electron chi connectivity index (χ0n) is 14.2. The van der Waals surface area contributed by atoms with E-state index in [0.717, 1.165) is 6.07 Å². The first kappa shape index (κ1) is 20.7. The smallest absolute Gasteiger partial charge is 0.381 e. The Labute approximate surface area is 171 Å². The predicted octanol–water partition coefficient (Wildman–Crippen LogP) is 5.38. The Bertz CT molecular complexity index is 1060. The summed E-state index contributed by atoms with van der Waals surface area (Å²) in [6.45, 7) is 0.124. The quantitative estimate of drug-likeness (QED) is 0.323. The molecule has 0 unspecified atom stereocenters. The van der Waals surface area contributed by atoms with Crippen LogP contribution in [-0.4, -0.2) is 19.9 Å². The maximum Gasteiger partial charge on any atom is 0.433 e. The van der Waals surface area contributed by atoms with Crippen molar-refractivity contribution in [3.8, 4) is 11.4 Å². The van der Waals surface area contributed by atoms with Crippen molar-refractivity contribution in [2.24, 2.45) is 0 Å². The summed E-state index contributed by atoms with van der Waals surface area (Å²) in [7, 11) is 0. The second-order valence-electron chi connectivity index (χ2n) is 5.75. The van der Waals surface area contributed by atoms with E-state index >= 15 is 0 Å². The number of hydrogen-bond acceptors (Lipinski definition) is 6. The number of nitrogens with one attached hydrogen (secondary N) is 1. The highest BCUT2D eigenvalue weighted by Gasteiger charge is 2.33. The molecule has 0 saturated heterocycles. The van der Waals surface area contributed by atoms with E-state index in [-0.39, 0.29) is 33.9 Å². The Kier molecular flexibility index (Phi) is 5.85. The third-order valence-electron chi connectivity index (χ3n) is 3.69. The molecule has 0 spiro atoms. The van der Waals surface area contributed by atoms with Crippen LogP contribution in [0.2, 0.25) is 10.2 Å². The Morgan fingerprint density at radius 2 is 1.79 bits per heavy atom. The second kappa shape index (κ2) is 8.18. The Balaban J connectivity index is 1.75. The van der Waals surface area contributed by atoms with Crippen molar-refractivity contribution in [2.45, 2.75) is 12.7 Å². The molecule has 0 amide bonds. The van der Waals surface area contributed by atoms with E-state index in [1.165, 1.54) is 30.6 Å². The number of aromatic nitrogens is 3. The van der Waals surface area contributed by atoms with Crippen molar-refractivity contribution >= 4 is 34.6 Å². The minimum absolute atomic E-state index is 0.00573. The van der Waals surface area contributed by atoms with Crippen LogP contribution in [0.25, 0.3) is 11.4 Å². The van der Waals surface area contributed by atoms with Gasteiger partial charge in [0.2, 0.25) is 0 Å². The lowest BCUT2D eigenvalue weighted by Gasteiger charge is -2.11. The van der Waals surface area contributed by atoms with Gasteiger partial charge in [-0.05, 0) is 24.3 Å². The van der Waals surface area contributed by atoms with Crippen LogP contribution in [0.5, 0.6) is 0 Å². The van der Waals surface area contributed by atoms with Crippen LogP contribution < -0.4 is 5.32 Å². The standard InChI is InChI=1S/C17H10Cl2F3N5O2/c18-12-2-1-10(3-13(12)27(28)29)16-24-7-9(8-25-16)6-23-11-4-14(17(20,21)22)26-15(19)5-11/h1-5,7-8H,6H2,(H,23,26). The van der Waals surface area contributed by atoms with Crippen LogP contribution in [0.15, 0.2) is 42.7 Å². The molecule has 12 heteroatoms. The topological polar surface area (TPSA) is 93.8 Å². The first-order valence-electron chi connectivity index (χ1n) is 7.87. The van der Waals surface area contributed by atoms with Gasteiger partial charge in [-0.1, -0.05) is 23.2 Å². The van der Waals surface area contributed by atoms with Crippen LogP contribution in [0.3, 0.4) is 0 Å². The lowest BCUT2D eigenvalue weighted by Crippen LogP contribution is -2.09. The number of pyridine rings is 1. The Morgan fingerprint density at radius 3 is 2.41 bits per heavy atom. The number of benzene rings is 1. The summed E-state index contributed by atoms with van der Waals surface area (Å²) in [5.74, 6) is 0.236. The third-order valence-corrected chi connectivity index (χ3v) is 4.20. The fourth-order valence-electron chi connectivity index (χ4n) is 2.34. The van der Waals surface area contributed by atoms with Gasteiger partial charge >= 0.3 is 6.18 Å². The lowest BCUT2D eigenvalue weighted by atomic mass is 10.2. The molecular formula is C17H10Cl2F3N5O2. The Hall–Kier alpha value is -2.98. The van der Waals surface area contributed by atoms with Crippen LogP contribution in [0, 0.1) is 10.1 Å². The Morgan fingerprint density at radius 1 is 1.10 bits per heavy atom. The van der Waals surface area contributed by atoms with Crippen molar-refractivity contribution < 1.29 is 18.1 Å². The molecule has 3 aromatic rings. The predicted molar refractivity (Wildman–Crippen MR) is 101 cm³/mol. The van der Waals surface area contributed by atoms with E-state index in [2.05, 4.69) is 20.3 Å². The summed E-state index contributed by atoms with van der Waals surface area (Å²) in [6, 6.07) is 6.28. The van der Waals surface area contributed by atoms with E-state index in [4.69, 9.17) is 23.2 Å². The number of rotatable bonds is 5. The first-order chi connectivity index (χ1) is 13.6. The van der Waals surface area contributed by atoms with Crippen molar-refractivity contribution in [1.29, 1.82) is 0 Å². The lowest BCUT2D eigenvalue weighted by molar-refractivity contribution is -0.384. The number of nitro benzene ring substituents is 1. The highest BCUT2D eigenvalue weighted by atomic mass is 35.5. The van der Waals surface area contributed by atoms with Gasteiger partial charge in [-0.2, -0.15) is 13.2 Å². The molecule has 0 atom stereocenters. The number of halogens is 5. The van der Waals surface area contributed by atoms with E-state index in [0.29, 0.717) is 11.1 Å². The van der Waals surface area contributed by atoms with E-state index < -0.39 is 16.8 Å². The summed E-state index contributed by atoms with van der Waals surface area (Å²) >= 11 is 11.4. The molecule has 0 radical (unpaired) electrons. The molecule has 150 valence electrons. The van der Waals surface area contributed by atoms with E-state index in [1.807, 2.05) is 0 Å². The monoisotopic (exact) mass is 443 g/mol. The number of hydrogen-bond donors (Lipinski definition) is 1. The van der Waals surface area contributed by atoms with Crippen LogP contribution in [0.4, 0.5) is 24.5 Å². The van der Waals surface area contributed by atoms with Crippen LogP contribution in [-0.2, 0) is 12.7 Å². The molecule has 0 aliphatic heterocycles. The summed E-state index contributed by atoms with van der Waals surface area (Å²) in [5.41, 5.74) is -0.276. The van der Waals surface area contributed by atoms with Crippen LogP contribution >= 0.6 is 23.2 Å². The molecule has 0 aliphatic rings. The zero-order chi connectivity index (χ0) is 21.2. The minimum Gasteiger partial charge on any atom is -0.381 e. The molecule has 1 aromatic carbocycles. The van der Waals surface area contributed by atoms with Crippen molar-refractivity contribution in [1.82, 2.24) is 15.0 Å². The normalized spacial score (nSPS) is 11.3. The van der Waals surface area contributed by atoms with Gasteiger partial charge in [-0.25, -0.2) is 15.0 Å². The zero-order valence-corrected chi connectivity index (χ0v) is 15.8.